The second-order valence-electron chi connectivity index (χ2n) is 16.9. The third-order valence-electron chi connectivity index (χ3n) is 10.2. The number of nitrogens with zero attached hydrogens (tertiary/aromatic N) is 16. The SMILES string of the molecule is O=Nc1ccccc1N=O.O=Nc1ccccc1N=O.[O-][Cl+3]([O-])([O-])[O-].[Ru+].[Ru].c1ccc(N=Nc2ccccn2)cc1.c1ccc(N=Nc2ccccn2)cc1.c1ccc(N=Nc2ccccn2)cc1.c1ccc(N=Nc2ccccn2)cc1.c1ccccc1.c1ccccc1. The van der Waals surface area contributed by atoms with Crippen LogP contribution in [0.3, 0.4) is 0 Å². The molecule has 0 N–H and O–H groups in total. The van der Waals surface area contributed by atoms with Gasteiger partial charge in [0.1, 0.15) is 22.7 Å². The van der Waals surface area contributed by atoms with Crippen LogP contribution in [0.2, 0.25) is 0 Å². The molecule has 0 amide bonds. The van der Waals surface area contributed by atoms with E-state index in [2.05, 4.69) is 81.6 Å². The van der Waals surface area contributed by atoms with Gasteiger partial charge in [-0.15, -0.1) is 70.8 Å². The van der Waals surface area contributed by atoms with Crippen LogP contribution in [-0.2, 0) is 39.0 Å². The summed E-state index contributed by atoms with van der Waals surface area (Å²) in [4.78, 5) is 55.9. The van der Waals surface area contributed by atoms with Gasteiger partial charge in [0, 0.05) is 44.3 Å². The Morgan fingerprint density at radius 3 is 0.516 bits per heavy atom. The molecule has 0 saturated carbocycles. The van der Waals surface area contributed by atoms with Gasteiger partial charge in [0.2, 0.25) is 0 Å². The Hall–Kier alpha value is -11.5. The Morgan fingerprint density at radius 1 is 0.221 bits per heavy atom. The van der Waals surface area contributed by atoms with Crippen molar-refractivity contribution >= 4 is 68.8 Å². The van der Waals surface area contributed by atoms with E-state index < -0.39 is 10.2 Å². The molecule has 27 heteroatoms. The van der Waals surface area contributed by atoms with Gasteiger partial charge in [0.05, 0.1) is 22.7 Å². The van der Waals surface area contributed by atoms with Crippen LogP contribution in [0, 0.1) is 29.9 Å². The number of halogens is 1. The van der Waals surface area contributed by atoms with Crippen molar-refractivity contribution in [1.82, 2.24) is 19.9 Å². The summed E-state index contributed by atoms with van der Waals surface area (Å²) in [6.45, 7) is 0. The molecule has 12 aromatic rings. The summed E-state index contributed by atoms with van der Waals surface area (Å²) >= 11 is 0. The van der Waals surface area contributed by atoms with Crippen LogP contribution in [0.25, 0.3) is 0 Å². The first-order valence-electron chi connectivity index (χ1n) is 27.2. The monoisotopic (exact) mass is 1460 g/mol. The van der Waals surface area contributed by atoms with Crippen LogP contribution in [0.5, 0.6) is 0 Å². The molecule has 479 valence electrons. The normalized spacial score (nSPS) is 9.73. The Balaban J connectivity index is 0.000000370. The minimum absolute atomic E-state index is 0. The minimum Gasteiger partial charge on any atom is -0.236 e. The molecule has 0 aliphatic carbocycles. The first-order chi connectivity index (χ1) is 45.6. The number of hydrogen-bond acceptors (Lipinski definition) is 24. The van der Waals surface area contributed by atoms with E-state index >= 15 is 0 Å². The van der Waals surface area contributed by atoms with Gasteiger partial charge in [-0.3, -0.25) is 0 Å². The van der Waals surface area contributed by atoms with Crippen LogP contribution in [0.15, 0.2) is 402 Å². The van der Waals surface area contributed by atoms with Gasteiger partial charge in [-0.05, 0) is 142 Å². The van der Waals surface area contributed by atoms with E-state index in [-0.39, 0.29) is 61.7 Å². The number of azo groups is 4. The molecule has 0 saturated heterocycles. The van der Waals surface area contributed by atoms with Crippen LogP contribution in [0.1, 0.15) is 0 Å². The zero-order chi connectivity index (χ0) is 66.3. The smallest absolute Gasteiger partial charge is 0.236 e. The molecule has 24 nitrogen and oxygen atoms in total. The molecule has 8 aromatic carbocycles. The molecule has 0 spiro atoms. The predicted molar refractivity (Wildman–Crippen MR) is 347 cm³/mol. The molecule has 4 aromatic heterocycles. The molecular formula is C68H56ClN16O8Ru2. The fourth-order valence-corrected chi connectivity index (χ4v) is 6.07. The van der Waals surface area contributed by atoms with Crippen LogP contribution in [-0.4, -0.2) is 19.9 Å². The first-order valence-corrected chi connectivity index (χ1v) is 28.4. The third kappa shape index (κ3) is 40.8. The van der Waals surface area contributed by atoms with Crippen molar-refractivity contribution in [2.24, 2.45) is 61.6 Å². The second-order valence-corrected chi connectivity index (χ2v) is 17.7. The average Bonchev–Trinajstić information content (AvgIpc) is 3.83. The topological polar surface area (TPSA) is 360 Å². The molecule has 1 radical (unpaired) electrons. The van der Waals surface area contributed by atoms with E-state index in [4.69, 9.17) is 18.6 Å². The van der Waals surface area contributed by atoms with Gasteiger partial charge >= 0.3 is 19.5 Å². The number of aromatic nitrogens is 4. The summed E-state index contributed by atoms with van der Waals surface area (Å²) in [5.74, 6) is 2.49. The largest absolute Gasteiger partial charge is 1.00 e. The summed E-state index contributed by atoms with van der Waals surface area (Å²) in [5, 5.41) is 42.5. The van der Waals surface area contributed by atoms with E-state index in [1.54, 1.807) is 49.1 Å². The minimum atomic E-state index is -4.94. The van der Waals surface area contributed by atoms with E-state index in [0.717, 1.165) is 22.7 Å². The van der Waals surface area contributed by atoms with E-state index in [9.17, 15) is 19.6 Å². The van der Waals surface area contributed by atoms with Crippen LogP contribution < -0.4 is 18.6 Å². The van der Waals surface area contributed by atoms with Crippen molar-refractivity contribution in [2.45, 2.75) is 0 Å². The van der Waals surface area contributed by atoms with Gasteiger partial charge in [-0.1, -0.05) is 194 Å². The predicted octanol–water partition coefficient (Wildman–Crippen LogP) is 17.6. The van der Waals surface area contributed by atoms with Gasteiger partial charge < -0.3 is 0 Å². The maximum Gasteiger partial charge on any atom is 1.00 e. The van der Waals surface area contributed by atoms with Crippen LogP contribution in [0.4, 0.5) is 68.8 Å². The third-order valence-corrected chi connectivity index (χ3v) is 10.2. The zero-order valence-corrected chi connectivity index (χ0v) is 54.1. The quantitative estimate of drug-likeness (QED) is 0.0626. The van der Waals surface area contributed by atoms with Crippen molar-refractivity contribution in [3.63, 3.8) is 0 Å². The van der Waals surface area contributed by atoms with Crippen molar-refractivity contribution in [3.8, 4) is 0 Å². The van der Waals surface area contributed by atoms with Crippen molar-refractivity contribution < 1.29 is 67.8 Å². The van der Waals surface area contributed by atoms with Crippen molar-refractivity contribution in [3.05, 3.63) is 360 Å². The molecule has 12 rings (SSSR count). The zero-order valence-electron chi connectivity index (χ0n) is 49.8. The van der Waals surface area contributed by atoms with E-state index in [0.29, 0.717) is 23.3 Å². The van der Waals surface area contributed by atoms with E-state index in [1.165, 1.54) is 24.3 Å². The molecule has 0 bridgehead atoms. The molecule has 0 aliphatic heterocycles. The molecule has 0 aliphatic rings. The van der Waals surface area contributed by atoms with Gasteiger partial charge in [0.25, 0.3) is 0 Å². The molecule has 0 unspecified atom stereocenters. The summed E-state index contributed by atoms with van der Waals surface area (Å²) in [7, 11) is -4.94. The molecule has 0 atom stereocenters. The first kappa shape index (κ1) is 79.6. The van der Waals surface area contributed by atoms with Gasteiger partial charge in [-0.25, -0.2) is 38.6 Å². The summed E-state index contributed by atoms with van der Waals surface area (Å²) in [6.07, 6.45) is 6.78. The van der Waals surface area contributed by atoms with Crippen molar-refractivity contribution in [2.75, 3.05) is 0 Å². The summed E-state index contributed by atoms with van der Waals surface area (Å²) in [6, 6.07) is 96.7. The van der Waals surface area contributed by atoms with E-state index in [1.807, 2.05) is 267 Å². The maximum absolute atomic E-state index is 9.94. The molecule has 4 heterocycles. The Kier molecular flexibility index (Phi) is 43.7. The molecule has 0 fully saturated rings. The number of benzene rings is 8. The van der Waals surface area contributed by atoms with Crippen molar-refractivity contribution in [1.29, 1.82) is 0 Å². The Labute approximate surface area is 574 Å². The van der Waals surface area contributed by atoms with Crippen LogP contribution >= 0.6 is 0 Å². The summed E-state index contributed by atoms with van der Waals surface area (Å²) in [5.41, 5.74) is 3.65. The fraction of sp³-hybridized carbons (Fsp3) is 0. The number of rotatable bonds is 12. The number of pyridine rings is 4. The van der Waals surface area contributed by atoms with Gasteiger partial charge in [0.15, 0.2) is 23.3 Å². The standard InChI is InChI=1S/4C11H9N3.2C6H4N2O2.2C6H6.ClHO4.2Ru/c4*1-2-6-10(7-3-1)13-14-11-8-4-5-9-12-11;2*9-7-5-3-1-2-4-6(5)8-10;2*1-2-4-6-5-3-1;2-1(3,4)5;;/h4*1-9H;2*1-4H;2*1-6H;(H,2,3,4,5);;/q;;;;;;;;;;+1/p-1. The maximum atomic E-state index is 9.94. The Morgan fingerprint density at radius 2 is 0.368 bits per heavy atom. The summed E-state index contributed by atoms with van der Waals surface area (Å²) < 4.78 is 34.0. The molecular weight excluding hydrogens is 1410 g/mol. The van der Waals surface area contributed by atoms with Gasteiger partial charge in [-0.2, -0.15) is 0 Å². The number of hydrogen-bond donors (Lipinski definition) is 0. The molecule has 95 heavy (non-hydrogen) atoms. The number of nitroso groups, excluding NO2 is 4. The average molecular weight is 1460 g/mol. The fourth-order valence-electron chi connectivity index (χ4n) is 6.07. The second kappa shape index (κ2) is 52.2. The Bertz CT molecular complexity index is 3290.